The number of carbonyl (C=O) groups excluding carboxylic acids is 1. The zero-order valence-corrected chi connectivity index (χ0v) is 12.0. The molecule has 0 aliphatic rings. The largest absolute Gasteiger partial charge is 0.493 e. The Balaban J connectivity index is 2.96. The fourth-order valence-electron chi connectivity index (χ4n) is 1.69. The van der Waals surface area contributed by atoms with Crippen LogP contribution in [0.3, 0.4) is 0 Å². The molecule has 0 radical (unpaired) electrons. The summed E-state index contributed by atoms with van der Waals surface area (Å²) in [6.45, 7) is 3.18. The molecule has 20 heavy (non-hydrogen) atoms. The van der Waals surface area contributed by atoms with Gasteiger partial charge in [0.2, 0.25) is 0 Å². The van der Waals surface area contributed by atoms with Crippen molar-refractivity contribution in [1.29, 1.82) is 0 Å². The molecule has 0 heterocycles. The average molecular weight is 281 g/mol. The van der Waals surface area contributed by atoms with Gasteiger partial charge in [0.1, 0.15) is 0 Å². The van der Waals surface area contributed by atoms with Crippen molar-refractivity contribution in [3.8, 4) is 11.5 Å². The van der Waals surface area contributed by atoms with E-state index < -0.39 is 23.8 Å². The molecule has 1 aromatic rings. The van der Waals surface area contributed by atoms with E-state index in [0.717, 1.165) is 0 Å². The van der Waals surface area contributed by atoms with Crippen LogP contribution in [0.15, 0.2) is 18.2 Å². The van der Waals surface area contributed by atoms with Gasteiger partial charge >= 0.3 is 5.97 Å². The topological polar surface area (TPSA) is 84.9 Å². The van der Waals surface area contributed by atoms with Crippen LogP contribution in [0, 0.1) is 5.92 Å². The fraction of sp³-hybridized carbons (Fsp3) is 0.429. The van der Waals surface area contributed by atoms with Crippen LogP contribution >= 0.6 is 0 Å². The smallest absolute Gasteiger partial charge is 0.308 e. The van der Waals surface area contributed by atoms with Gasteiger partial charge in [-0.1, -0.05) is 6.07 Å². The Morgan fingerprint density at radius 1 is 1.20 bits per heavy atom. The minimum absolute atomic E-state index is 0.302. The fourth-order valence-corrected chi connectivity index (χ4v) is 1.69. The maximum absolute atomic E-state index is 12.2. The van der Waals surface area contributed by atoms with Gasteiger partial charge in [0, 0.05) is 6.04 Å². The molecule has 0 bridgehead atoms. The Bertz CT molecular complexity index is 500. The van der Waals surface area contributed by atoms with Crippen LogP contribution in [-0.4, -0.2) is 37.2 Å². The van der Waals surface area contributed by atoms with Crippen molar-refractivity contribution in [2.24, 2.45) is 5.92 Å². The SMILES string of the molecule is COc1cccc(C(=O)NC(C)C(C)C(=O)O)c1OC. The number of ether oxygens (including phenoxy) is 2. The van der Waals surface area contributed by atoms with Gasteiger partial charge in [-0.05, 0) is 26.0 Å². The molecule has 0 aliphatic heterocycles. The third-order valence-corrected chi connectivity index (χ3v) is 3.15. The second-order valence-corrected chi connectivity index (χ2v) is 4.43. The van der Waals surface area contributed by atoms with E-state index in [1.807, 2.05) is 0 Å². The number of benzene rings is 1. The van der Waals surface area contributed by atoms with Crippen molar-refractivity contribution in [3.63, 3.8) is 0 Å². The summed E-state index contributed by atoms with van der Waals surface area (Å²) in [5.41, 5.74) is 0.302. The number of amides is 1. The van der Waals surface area contributed by atoms with E-state index in [9.17, 15) is 9.59 Å². The van der Waals surface area contributed by atoms with Gasteiger partial charge in [0.25, 0.3) is 5.91 Å². The third-order valence-electron chi connectivity index (χ3n) is 3.15. The van der Waals surface area contributed by atoms with Gasteiger partial charge in [-0.15, -0.1) is 0 Å². The summed E-state index contributed by atoms with van der Waals surface area (Å²) in [6, 6.07) is 4.44. The van der Waals surface area contributed by atoms with Crippen LogP contribution in [-0.2, 0) is 4.79 Å². The van der Waals surface area contributed by atoms with E-state index in [-0.39, 0.29) is 0 Å². The minimum atomic E-state index is -0.963. The predicted octanol–water partition coefficient (Wildman–Crippen LogP) is 1.54. The summed E-state index contributed by atoms with van der Waals surface area (Å²) in [5, 5.41) is 11.6. The first-order chi connectivity index (χ1) is 9.42. The highest BCUT2D eigenvalue weighted by Crippen LogP contribution is 2.30. The number of para-hydroxylation sites is 1. The lowest BCUT2D eigenvalue weighted by molar-refractivity contribution is -0.141. The zero-order chi connectivity index (χ0) is 15.3. The Morgan fingerprint density at radius 3 is 2.35 bits per heavy atom. The molecule has 0 fully saturated rings. The second kappa shape index (κ2) is 6.79. The van der Waals surface area contributed by atoms with Gasteiger partial charge < -0.3 is 19.9 Å². The highest BCUT2D eigenvalue weighted by molar-refractivity contribution is 5.98. The number of carbonyl (C=O) groups is 2. The Labute approximate surface area is 117 Å². The van der Waals surface area contributed by atoms with Gasteiger partial charge in [0.05, 0.1) is 25.7 Å². The van der Waals surface area contributed by atoms with Crippen molar-refractivity contribution in [3.05, 3.63) is 23.8 Å². The van der Waals surface area contributed by atoms with E-state index in [1.54, 1.807) is 25.1 Å². The second-order valence-electron chi connectivity index (χ2n) is 4.43. The molecule has 0 aliphatic carbocycles. The lowest BCUT2D eigenvalue weighted by atomic mass is 10.0. The van der Waals surface area contributed by atoms with Crippen LogP contribution in [0.25, 0.3) is 0 Å². The molecule has 110 valence electrons. The molecular weight excluding hydrogens is 262 g/mol. The molecule has 0 aromatic heterocycles. The van der Waals surface area contributed by atoms with Gasteiger partial charge in [-0.3, -0.25) is 9.59 Å². The quantitative estimate of drug-likeness (QED) is 0.826. The molecule has 0 saturated carbocycles. The molecule has 2 N–H and O–H groups in total. The molecule has 1 amide bonds. The number of carboxylic acid groups (broad SMARTS) is 1. The highest BCUT2D eigenvalue weighted by atomic mass is 16.5. The first-order valence-corrected chi connectivity index (χ1v) is 6.17. The van der Waals surface area contributed by atoms with E-state index in [1.165, 1.54) is 21.1 Å². The Kier molecular flexibility index (Phi) is 5.37. The summed E-state index contributed by atoms with van der Waals surface area (Å²) in [6.07, 6.45) is 0. The van der Waals surface area contributed by atoms with Crippen molar-refractivity contribution in [1.82, 2.24) is 5.32 Å². The molecule has 1 aromatic carbocycles. The summed E-state index contributed by atoms with van der Waals surface area (Å²) < 4.78 is 10.3. The maximum atomic E-state index is 12.2. The van der Waals surface area contributed by atoms with Gasteiger partial charge in [-0.2, -0.15) is 0 Å². The summed E-state index contributed by atoms with van der Waals surface area (Å²) in [7, 11) is 2.92. The predicted molar refractivity (Wildman–Crippen MR) is 73.3 cm³/mol. The lowest BCUT2D eigenvalue weighted by Crippen LogP contribution is -2.40. The van der Waals surface area contributed by atoms with E-state index >= 15 is 0 Å². The summed E-state index contributed by atoms with van der Waals surface area (Å²) in [5.74, 6) is -1.28. The van der Waals surface area contributed by atoms with Crippen LogP contribution in [0.4, 0.5) is 0 Å². The maximum Gasteiger partial charge on any atom is 0.308 e. The molecule has 0 saturated heterocycles. The Hall–Kier alpha value is -2.24. The van der Waals surface area contributed by atoms with Crippen LogP contribution < -0.4 is 14.8 Å². The van der Waals surface area contributed by atoms with Crippen molar-refractivity contribution < 1.29 is 24.2 Å². The number of methoxy groups -OCH3 is 2. The zero-order valence-electron chi connectivity index (χ0n) is 12.0. The Morgan fingerprint density at radius 2 is 1.85 bits per heavy atom. The molecule has 1 rings (SSSR count). The molecular formula is C14H19NO5. The van der Waals surface area contributed by atoms with E-state index in [2.05, 4.69) is 5.32 Å². The van der Waals surface area contributed by atoms with Crippen molar-refractivity contribution >= 4 is 11.9 Å². The van der Waals surface area contributed by atoms with Gasteiger partial charge in [0.15, 0.2) is 11.5 Å². The lowest BCUT2D eigenvalue weighted by Gasteiger charge is -2.19. The first-order valence-electron chi connectivity index (χ1n) is 6.17. The number of rotatable bonds is 6. The molecule has 6 heteroatoms. The standard InChI is InChI=1S/C14H19NO5/c1-8(14(17)18)9(2)15-13(16)10-6-5-7-11(19-3)12(10)20-4/h5-9H,1-4H3,(H,15,16)(H,17,18). The summed E-state index contributed by atoms with van der Waals surface area (Å²) >= 11 is 0. The molecule has 0 spiro atoms. The number of aliphatic carboxylic acids is 1. The number of carboxylic acids is 1. The van der Waals surface area contributed by atoms with Crippen molar-refractivity contribution in [2.45, 2.75) is 19.9 Å². The van der Waals surface area contributed by atoms with Gasteiger partial charge in [-0.25, -0.2) is 0 Å². The molecule has 2 unspecified atom stereocenters. The number of hydrogen-bond donors (Lipinski definition) is 2. The number of nitrogens with one attached hydrogen (secondary N) is 1. The minimum Gasteiger partial charge on any atom is -0.493 e. The normalized spacial score (nSPS) is 13.2. The van der Waals surface area contributed by atoms with Crippen LogP contribution in [0.5, 0.6) is 11.5 Å². The van der Waals surface area contributed by atoms with E-state index in [0.29, 0.717) is 17.1 Å². The number of hydrogen-bond acceptors (Lipinski definition) is 4. The molecule has 6 nitrogen and oxygen atoms in total. The summed E-state index contributed by atoms with van der Waals surface area (Å²) in [4.78, 5) is 23.1. The van der Waals surface area contributed by atoms with Crippen LogP contribution in [0.1, 0.15) is 24.2 Å². The van der Waals surface area contributed by atoms with Crippen LogP contribution in [0.2, 0.25) is 0 Å². The first kappa shape index (κ1) is 15.8. The van der Waals surface area contributed by atoms with E-state index in [4.69, 9.17) is 14.6 Å². The molecule has 2 atom stereocenters. The third kappa shape index (κ3) is 3.40. The highest BCUT2D eigenvalue weighted by Gasteiger charge is 2.23. The monoisotopic (exact) mass is 281 g/mol. The average Bonchev–Trinajstić information content (AvgIpc) is 2.44. The van der Waals surface area contributed by atoms with Crippen molar-refractivity contribution in [2.75, 3.05) is 14.2 Å².